The number of hydrogen-bond acceptors (Lipinski definition) is 4. The fourth-order valence-corrected chi connectivity index (χ4v) is 3.52. The van der Waals surface area contributed by atoms with Gasteiger partial charge in [-0.1, -0.05) is 30.3 Å². The summed E-state index contributed by atoms with van der Waals surface area (Å²) in [6.45, 7) is -0.294. The van der Waals surface area contributed by atoms with Crippen LogP contribution in [-0.4, -0.2) is 39.9 Å². The first-order valence-corrected chi connectivity index (χ1v) is 10.2. The molecule has 0 aromatic heterocycles. The van der Waals surface area contributed by atoms with Gasteiger partial charge in [0, 0.05) is 24.4 Å². The highest BCUT2D eigenvalue weighted by Gasteiger charge is 2.33. The summed E-state index contributed by atoms with van der Waals surface area (Å²) in [7, 11) is -1.35. The van der Waals surface area contributed by atoms with Gasteiger partial charge in [0.1, 0.15) is 5.82 Å². The average molecular weight is 389 g/mol. The van der Waals surface area contributed by atoms with Gasteiger partial charge in [0.2, 0.25) is 0 Å². The van der Waals surface area contributed by atoms with Crippen LogP contribution in [0.15, 0.2) is 53.4 Å². The molecule has 142 valence electrons. The van der Waals surface area contributed by atoms with Crippen LogP contribution in [0.5, 0.6) is 0 Å². The van der Waals surface area contributed by atoms with Gasteiger partial charge in [-0.3, -0.25) is 9.00 Å². The second kappa shape index (κ2) is 8.43. The molecule has 7 heteroatoms. The summed E-state index contributed by atoms with van der Waals surface area (Å²) in [6, 6.07) is 12.8. The molecule has 0 unspecified atom stereocenters. The normalized spacial score (nSPS) is 14.4. The van der Waals surface area contributed by atoms with Gasteiger partial charge in [-0.2, -0.15) is 0 Å². The molecule has 27 heavy (non-hydrogen) atoms. The molecule has 2 aromatic rings. The van der Waals surface area contributed by atoms with E-state index in [1.54, 1.807) is 41.3 Å². The van der Waals surface area contributed by atoms with Crippen molar-refractivity contribution in [3.05, 3.63) is 65.5 Å². The lowest BCUT2D eigenvalue weighted by molar-refractivity contribution is -0.135. The number of nitrogens with zero attached hydrogens (tertiary/aromatic N) is 1. The lowest BCUT2D eigenvalue weighted by atomic mass is 10.2. The number of esters is 1. The topological polar surface area (TPSA) is 63.7 Å². The van der Waals surface area contributed by atoms with Gasteiger partial charge < -0.3 is 9.64 Å². The quantitative estimate of drug-likeness (QED) is 0.683. The molecule has 0 N–H and O–H groups in total. The van der Waals surface area contributed by atoms with Crippen molar-refractivity contribution in [1.29, 1.82) is 0 Å². The van der Waals surface area contributed by atoms with Crippen LogP contribution in [0.25, 0.3) is 0 Å². The maximum atomic E-state index is 13.9. The third kappa shape index (κ3) is 4.80. The van der Waals surface area contributed by atoms with Crippen molar-refractivity contribution in [2.75, 3.05) is 12.9 Å². The Morgan fingerprint density at radius 1 is 1.15 bits per heavy atom. The molecule has 0 radical (unpaired) electrons. The van der Waals surface area contributed by atoms with E-state index in [9.17, 15) is 18.2 Å². The van der Waals surface area contributed by atoms with Gasteiger partial charge >= 0.3 is 5.97 Å². The zero-order valence-corrected chi connectivity index (χ0v) is 15.7. The number of carbonyl (C=O) groups is 2. The summed E-state index contributed by atoms with van der Waals surface area (Å²) in [5.41, 5.74) is 0.606. The fourth-order valence-electron chi connectivity index (χ4n) is 2.79. The Hall–Kier alpha value is -2.54. The van der Waals surface area contributed by atoms with E-state index in [0.29, 0.717) is 10.5 Å². The number of rotatable bonds is 7. The first-order valence-electron chi connectivity index (χ1n) is 8.60. The molecule has 1 saturated carbocycles. The SMILES string of the molecule is C[S@@](=O)c1ccccc1C(=O)OCC(=O)N(Cc1ccccc1F)C1CC1. The minimum Gasteiger partial charge on any atom is -0.452 e. The first kappa shape index (κ1) is 19.2. The molecule has 0 aliphatic heterocycles. The average Bonchev–Trinajstić information content (AvgIpc) is 3.50. The Morgan fingerprint density at radius 3 is 2.48 bits per heavy atom. The predicted molar refractivity (Wildman–Crippen MR) is 99.0 cm³/mol. The zero-order valence-electron chi connectivity index (χ0n) is 14.9. The van der Waals surface area contributed by atoms with Gasteiger partial charge in [-0.05, 0) is 31.0 Å². The molecule has 1 aliphatic rings. The number of hydrogen-bond donors (Lipinski definition) is 0. The summed E-state index contributed by atoms with van der Waals surface area (Å²) in [5.74, 6) is -1.44. The molecule has 1 atom stereocenters. The van der Waals surface area contributed by atoms with Crippen LogP contribution in [0.2, 0.25) is 0 Å². The number of halogens is 1. The van der Waals surface area contributed by atoms with E-state index in [1.165, 1.54) is 18.4 Å². The fraction of sp³-hybridized carbons (Fsp3) is 0.300. The van der Waals surface area contributed by atoms with E-state index in [0.717, 1.165) is 12.8 Å². The molecule has 1 aliphatic carbocycles. The number of ether oxygens (including phenoxy) is 1. The Bertz CT molecular complexity index is 882. The molecule has 3 rings (SSSR count). The molecule has 0 saturated heterocycles. The van der Waals surface area contributed by atoms with Crippen LogP contribution >= 0.6 is 0 Å². The molecular weight excluding hydrogens is 369 g/mol. The zero-order chi connectivity index (χ0) is 19.4. The van der Waals surface area contributed by atoms with Crippen LogP contribution in [-0.2, 0) is 26.9 Å². The van der Waals surface area contributed by atoms with Crippen molar-refractivity contribution in [2.45, 2.75) is 30.3 Å². The van der Waals surface area contributed by atoms with E-state index in [4.69, 9.17) is 4.74 Å². The second-order valence-electron chi connectivity index (χ2n) is 6.37. The van der Waals surface area contributed by atoms with Crippen LogP contribution in [0.4, 0.5) is 4.39 Å². The van der Waals surface area contributed by atoms with Crippen LogP contribution in [0.1, 0.15) is 28.8 Å². The molecule has 2 aromatic carbocycles. The lowest BCUT2D eigenvalue weighted by Gasteiger charge is -2.22. The van der Waals surface area contributed by atoms with Crippen LogP contribution in [0, 0.1) is 5.82 Å². The van der Waals surface area contributed by atoms with E-state index in [1.807, 2.05) is 0 Å². The number of benzene rings is 2. The Balaban J connectivity index is 1.66. The van der Waals surface area contributed by atoms with Gasteiger partial charge in [0.15, 0.2) is 6.61 Å². The van der Waals surface area contributed by atoms with Gasteiger partial charge in [0.25, 0.3) is 5.91 Å². The van der Waals surface area contributed by atoms with E-state index in [-0.39, 0.29) is 29.9 Å². The van der Waals surface area contributed by atoms with Crippen molar-refractivity contribution < 1.29 is 22.9 Å². The Morgan fingerprint density at radius 2 is 1.81 bits per heavy atom. The van der Waals surface area contributed by atoms with Crippen molar-refractivity contribution >= 4 is 22.7 Å². The Kier molecular flexibility index (Phi) is 6.01. The minimum absolute atomic E-state index is 0.0474. The third-order valence-corrected chi connectivity index (χ3v) is 5.33. The van der Waals surface area contributed by atoms with Gasteiger partial charge in [0.05, 0.1) is 21.3 Å². The maximum Gasteiger partial charge on any atom is 0.339 e. The van der Waals surface area contributed by atoms with Crippen LogP contribution < -0.4 is 0 Å². The Labute approximate surface area is 159 Å². The monoisotopic (exact) mass is 389 g/mol. The maximum absolute atomic E-state index is 13.9. The minimum atomic E-state index is -1.35. The molecule has 5 nitrogen and oxygen atoms in total. The van der Waals surface area contributed by atoms with E-state index in [2.05, 4.69) is 0 Å². The summed E-state index contributed by atoms with van der Waals surface area (Å²) >= 11 is 0. The highest BCUT2D eigenvalue weighted by Crippen LogP contribution is 2.29. The smallest absolute Gasteiger partial charge is 0.339 e. The predicted octanol–water partition coefficient (Wildman–Crippen LogP) is 2.91. The summed E-state index contributed by atoms with van der Waals surface area (Å²) in [6.07, 6.45) is 3.18. The number of amides is 1. The van der Waals surface area contributed by atoms with Crippen molar-refractivity contribution in [3.63, 3.8) is 0 Å². The first-order chi connectivity index (χ1) is 13.0. The van der Waals surface area contributed by atoms with Crippen molar-refractivity contribution in [2.24, 2.45) is 0 Å². The standard InChI is InChI=1S/C20H20FNO4S/c1-27(25)18-9-5-3-7-16(18)20(24)26-13-19(23)22(15-10-11-15)12-14-6-2-4-8-17(14)21/h2-9,15H,10-13H2,1H3/t27-/m1/s1. The molecule has 1 fully saturated rings. The molecule has 0 heterocycles. The second-order valence-corrected chi connectivity index (χ2v) is 7.72. The van der Waals surface area contributed by atoms with Crippen molar-refractivity contribution in [1.82, 2.24) is 4.90 Å². The van der Waals surface area contributed by atoms with E-state index >= 15 is 0 Å². The molecule has 0 spiro atoms. The van der Waals surface area contributed by atoms with E-state index < -0.39 is 23.4 Å². The highest BCUT2D eigenvalue weighted by atomic mass is 32.2. The molecule has 0 bridgehead atoms. The summed E-state index contributed by atoms with van der Waals surface area (Å²) in [4.78, 5) is 26.8. The molecule has 1 amide bonds. The lowest BCUT2D eigenvalue weighted by Crippen LogP contribution is -2.36. The largest absolute Gasteiger partial charge is 0.452 e. The highest BCUT2D eigenvalue weighted by molar-refractivity contribution is 7.84. The summed E-state index contributed by atoms with van der Waals surface area (Å²) in [5, 5.41) is 0. The summed E-state index contributed by atoms with van der Waals surface area (Å²) < 4.78 is 30.8. The number of carbonyl (C=O) groups excluding carboxylic acids is 2. The van der Waals surface area contributed by atoms with Crippen LogP contribution in [0.3, 0.4) is 0 Å². The van der Waals surface area contributed by atoms with Gasteiger partial charge in [-0.15, -0.1) is 0 Å². The third-order valence-electron chi connectivity index (χ3n) is 4.35. The molecular formula is C20H20FNO4S. The van der Waals surface area contributed by atoms with Gasteiger partial charge in [-0.25, -0.2) is 9.18 Å². The van der Waals surface area contributed by atoms with Crippen molar-refractivity contribution in [3.8, 4) is 0 Å².